The van der Waals surface area contributed by atoms with Gasteiger partial charge >= 0.3 is 6.09 Å². The van der Waals surface area contributed by atoms with Crippen LogP contribution in [0.3, 0.4) is 0 Å². The molecule has 0 saturated carbocycles. The van der Waals surface area contributed by atoms with E-state index in [4.69, 9.17) is 16.3 Å². The molecule has 2 amide bonds. The molecule has 0 fully saturated rings. The number of hydrogen-bond donors (Lipinski definition) is 2. The Morgan fingerprint density at radius 1 is 1.17 bits per heavy atom. The molecule has 1 aromatic rings. The molecule has 0 heterocycles. The summed E-state index contributed by atoms with van der Waals surface area (Å²) in [6.07, 6.45) is 2.25. The number of nitrogens with one attached hydrogen (secondary N) is 2. The number of amides is 2. The maximum atomic E-state index is 12.2. The van der Waals surface area contributed by atoms with E-state index in [2.05, 4.69) is 10.9 Å². The lowest BCUT2D eigenvalue weighted by atomic mass is 10.1. The molecule has 0 radical (unpaired) electrons. The van der Waals surface area contributed by atoms with Crippen molar-refractivity contribution in [3.63, 3.8) is 0 Å². The Morgan fingerprint density at radius 2 is 1.83 bits per heavy atom. The molecule has 0 unspecified atom stereocenters. The predicted molar refractivity (Wildman–Crippen MR) is 91.9 cm³/mol. The van der Waals surface area contributed by atoms with Crippen LogP contribution in [0.15, 0.2) is 35.9 Å². The zero-order valence-corrected chi connectivity index (χ0v) is 14.4. The van der Waals surface area contributed by atoms with Crippen LogP contribution in [0.1, 0.15) is 39.2 Å². The lowest BCUT2D eigenvalue weighted by Crippen LogP contribution is -2.44. The molecule has 6 heteroatoms. The van der Waals surface area contributed by atoms with E-state index in [1.165, 1.54) is 0 Å². The van der Waals surface area contributed by atoms with Crippen molar-refractivity contribution in [3.8, 4) is 0 Å². The molecule has 0 aliphatic rings. The second-order valence-electron chi connectivity index (χ2n) is 5.95. The quantitative estimate of drug-likeness (QED) is 0.489. The van der Waals surface area contributed by atoms with Crippen molar-refractivity contribution in [2.45, 2.75) is 39.2 Å². The van der Waals surface area contributed by atoms with Gasteiger partial charge in [0.2, 0.25) is 0 Å². The van der Waals surface area contributed by atoms with E-state index >= 15 is 0 Å². The van der Waals surface area contributed by atoms with Crippen molar-refractivity contribution >= 4 is 29.7 Å². The topological polar surface area (TPSA) is 67.4 Å². The van der Waals surface area contributed by atoms with Crippen molar-refractivity contribution in [3.05, 3.63) is 41.5 Å². The average Bonchev–Trinajstić information content (AvgIpc) is 2.48. The van der Waals surface area contributed by atoms with Crippen molar-refractivity contribution in [2.24, 2.45) is 0 Å². The first-order valence-corrected chi connectivity index (χ1v) is 7.96. The first-order valence-electron chi connectivity index (χ1n) is 7.43. The molecule has 2 N–H and O–H groups in total. The normalized spacial score (nSPS) is 11.7. The van der Waals surface area contributed by atoms with Crippen molar-refractivity contribution in [1.82, 2.24) is 10.9 Å². The van der Waals surface area contributed by atoms with E-state index in [0.29, 0.717) is 24.3 Å². The summed E-state index contributed by atoms with van der Waals surface area (Å²) in [4.78, 5) is 23.8. The fraction of sp³-hybridized carbons (Fsp3) is 0.412. The highest BCUT2D eigenvalue weighted by Crippen LogP contribution is 2.12. The third-order valence-corrected chi connectivity index (χ3v) is 2.96. The van der Waals surface area contributed by atoms with Crippen LogP contribution in [0.2, 0.25) is 0 Å². The Hall–Kier alpha value is -2.01. The zero-order valence-electron chi connectivity index (χ0n) is 13.7. The van der Waals surface area contributed by atoms with Gasteiger partial charge in [-0.05, 0) is 45.3 Å². The standard InChI is InChI=1S/C17H23ClN2O3/c1-17(2,3)23-16(22)20-19-15(21)14(10-7-11-18)12-13-8-5-4-6-9-13/h4-6,8-9,12H,7,10-11H2,1-3H3,(H,19,21)(H,20,22)/b14-12-. The molecule has 0 saturated heterocycles. The second-order valence-corrected chi connectivity index (χ2v) is 6.33. The van der Waals surface area contributed by atoms with E-state index in [9.17, 15) is 9.59 Å². The lowest BCUT2D eigenvalue weighted by molar-refractivity contribution is -0.118. The maximum Gasteiger partial charge on any atom is 0.426 e. The Kier molecular flexibility index (Phi) is 7.62. The minimum Gasteiger partial charge on any atom is -0.443 e. The van der Waals surface area contributed by atoms with Gasteiger partial charge < -0.3 is 4.74 Å². The predicted octanol–water partition coefficient (Wildman–Crippen LogP) is 3.64. The number of benzene rings is 1. The molecule has 1 rings (SSSR count). The van der Waals surface area contributed by atoms with Gasteiger partial charge in [0.15, 0.2) is 0 Å². The van der Waals surface area contributed by atoms with Gasteiger partial charge in [0.25, 0.3) is 5.91 Å². The highest BCUT2D eigenvalue weighted by Gasteiger charge is 2.17. The molecule has 0 atom stereocenters. The van der Waals surface area contributed by atoms with Gasteiger partial charge in [0.05, 0.1) is 0 Å². The summed E-state index contributed by atoms with van der Waals surface area (Å²) < 4.78 is 5.06. The van der Waals surface area contributed by atoms with Crippen LogP contribution in [0.5, 0.6) is 0 Å². The van der Waals surface area contributed by atoms with Crippen LogP contribution in [0.4, 0.5) is 4.79 Å². The summed E-state index contributed by atoms with van der Waals surface area (Å²) in [6, 6.07) is 9.48. The van der Waals surface area contributed by atoms with Crippen LogP contribution in [0, 0.1) is 0 Å². The smallest absolute Gasteiger partial charge is 0.426 e. The van der Waals surface area contributed by atoms with Gasteiger partial charge in [0, 0.05) is 11.5 Å². The Bertz CT molecular complexity index is 551. The Morgan fingerprint density at radius 3 is 2.39 bits per heavy atom. The summed E-state index contributed by atoms with van der Waals surface area (Å²) in [5, 5.41) is 0. The second kappa shape index (κ2) is 9.20. The highest BCUT2D eigenvalue weighted by molar-refractivity contribution is 6.17. The van der Waals surface area contributed by atoms with Crippen LogP contribution in [-0.2, 0) is 9.53 Å². The molecule has 0 aliphatic heterocycles. The molecule has 23 heavy (non-hydrogen) atoms. The third-order valence-electron chi connectivity index (χ3n) is 2.69. The van der Waals surface area contributed by atoms with Crippen molar-refractivity contribution < 1.29 is 14.3 Å². The van der Waals surface area contributed by atoms with E-state index in [-0.39, 0.29) is 5.91 Å². The monoisotopic (exact) mass is 338 g/mol. The first kappa shape index (κ1) is 19.0. The number of hydrazine groups is 1. The largest absolute Gasteiger partial charge is 0.443 e. The van der Waals surface area contributed by atoms with Crippen LogP contribution in [-0.4, -0.2) is 23.5 Å². The zero-order chi connectivity index (χ0) is 17.3. The van der Waals surface area contributed by atoms with E-state index in [1.807, 2.05) is 30.3 Å². The SMILES string of the molecule is CC(C)(C)OC(=O)NNC(=O)/C(=C\c1ccccc1)CCCCl. The fourth-order valence-electron chi connectivity index (χ4n) is 1.75. The molecule has 126 valence electrons. The van der Waals surface area contributed by atoms with E-state index < -0.39 is 11.7 Å². The minimum atomic E-state index is -0.706. The van der Waals surface area contributed by atoms with Crippen molar-refractivity contribution in [2.75, 3.05) is 5.88 Å². The number of ether oxygens (including phenoxy) is 1. The van der Waals surface area contributed by atoms with Gasteiger partial charge in [-0.15, -0.1) is 11.6 Å². The lowest BCUT2D eigenvalue weighted by Gasteiger charge is -2.20. The Labute approximate surface area is 142 Å². The molecule has 0 aromatic heterocycles. The number of hydrogen-bond acceptors (Lipinski definition) is 3. The van der Waals surface area contributed by atoms with Gasteiger partial charge in [0.1, 0.15) is 5.60 Å². The van der Waals surface area contributed by atoms with E-state index in [1.54, 1.807) is 26.8 Å². The number of rotatable bonds is 5. The summed E-state index contributed by atoms with van der Waals surface area (Å²) >= 11 is 5.70. The molecule has 0 spiro atoms. The minimum absolute atomic E-state index is 0.384. The van der Waals surface area contributed by atoms with Gasteiger partial charge in [-0.25, -0.2) is 10.2 Å². The maximum absolute atomic E-state index is 12.2. The summed E-state index contributed by atoms with van der Waals surface area (Å²) in [5.74, 6) is 0.0728. The Balaban J connectivity index is 2.69. The first-order chi connectivity index (χ1) is 10.8. The molecule has 0 bridgehead atoms. The van der Waals surface area contributed by atoms with Crippen LogP contribution < -0.4 is 10.9 Å². The van der Waals surface area contributed by atoms with Gasteiger partial charge in [-0.3, -0.25) is 10.2 Å². The number of halogens is 1. The molecular formula is C17H23ClN2O3. The van der Waals surface area contributed by atoms with Gasteiger partial charge in [-0.1, -0.05) is 30.3 Å². The number of carbonyl (C=O) groups excluding carboxylic acids is 2. The summed E-state index contributed by atoms with van der Waals surface area (Å²) in [7, 11) is 0. The highest BCUT2D eigenvalue weighted by atomic mass is 35.5. The van der Waals surface area contributed by atoms with Crippen LogP contribution >= 0.6 is 11.6 Å². The van der Waals surface area contributed by atoms with Crippen LogP contribution in [0.25, 0.3) is 6.08 Å². The molecule has 5 nitrogen and oxygen atoms in total. The summed E-state index contributed by atoms with van der Waals surface area (Å²) in [5.41, 5.74) is 5.42. The number of carbonyl (C=O) groups is 2. The average molecular weight is 339 g/mol. The molecular weight excluding hydrogens is 316 g/mol. The third kappa shape index (κ3) is 8.26. The molecule has 1 aromatic carbocycles. The molecule has 0 aliphatic carbocycles. The van der Waals surface area contributed by atoms with Gasteiger partial charge in [-0.2, -0.15) is 0 Å². The van der Waals surface area contributed by atoms with E-state index in [0.717, 1.165) is 5.56 Å². The van der Waals surface area contributed by atoms with Crippen molar-refractivity contribution in [1.29, 1.82) is 0 Å². The summed E-state index contributed by atoms with van der Waals surface area (Å²) in [6.45, 7) is 5.24. The number of alkyl halides is 1. The fourth-order valence-corrected chi connectivity index (χ4v) is 1.88.